The summed E-state index contributed by atoms with van der Waals surface area (Å²) in [7, 11) is 0. The summed E-state index contributed by atoms with van der Waals surface area (Å²) >= 11 is 0. The Kier molecular flexibility index (Phi) is 3.94. The van der Waals surface area contributed by atoms with Crippen molar-refractivity contribution in [1.82, 2.24) is 5.43 Å². The van der Waals surface area contributed by atoms with Gasteiger partial charge in [-0.15, -0.1) is 0 Å². The van der Waals surface area contributed by atoms with Crippen molar-refractivity contribution in [3.05, 3.63) is 77.9 Å². The number of carbonyl (C=O) groups excluding carboxylic acids is 1. The summed E-state index contributed by atoms with van der Waals surface area (Å²) in [6.07, 6.45) is 2.34. The van der Waals surface area contributed by atoms with E-state index in [1.54, 1.807) is 6.07 Å². The average Bonchev–Trinajstić information content (AvgIpc) is 3.45. The second kappa shape index (κ2) is 6.40. The van der Waals surface area contributed by atoms with Crippen molar-refractivity contribution >= 4 is 22.9 Å². The first-order valence-corrected chi connectivity index (χ1v) is 8.32. The number of fused-ring (bicyclic) bond motifs is 1. The molecule has 0 heterocycles. The summed E-state index contributed by atoms with van der Waals surface area (Å²) in [4.78, 5) is 12.2. The van der Waals surface area contributed by atoms with Crippen LogP contribution < -0.4 is 5.43 Å². The molecule has 0 radical (unpaired) electrons. The van der Waals surface area contributed by atoms with Crippen LogP contribution >= 0.6 is 0 Å². The number of aromatic hydroxyl groups is 1. The zero-order chi connectivity index (χ0) is 17.2. The quantitative estimate of drug-likeness (QED) is 0.564. The molecule has 124 valence electrons. The van der Waals surface area contributed by atoms with Crippen molar-refractivity contribution < 1.29 is 9.90 Å². The number of amides is 1. The molecule has 1 aliphatic rings. The minimum Gasteiger partial charge on any atom is -0.507 e. The van der Waals surface area contributed by atoms with Gasteiger partial charge in [0.25, 0.3) is 0 Å². The van der Waals surface area contributed by atoms with Gasteiger partial charge < -0.3 is 5.11 Å². The van der Waals surface area contributed by atoms with Crippen LogP contribution in [0.5, 0.6) is 5.75 Å². The molecule has 1 amide bonds. The Balaban J connectivity index is 1.42. The maximum atomic E-state index is 12.2. The van der Waals surface area contributed by atoms with E-state index in [0.29, 0.717) is 5.56 Å². The molecule has 4 rings (SSSR count). The summed E-state index contributed by atoms with van der Waals surface area (Å²) in [6, 6.07) is 21.4. The highest BCUT2D eigenvalue weighted by Crippen LogP contribution is 2.47. The molecule has 2 unspecified atom stereocenters. The summed E-state index contributed by atoms with van der Waals surface area (Å²) in [5.74, 6) is 0.352. The molecular weight excluding hydrogens is 312 g/mol. The highest BCUT2D eigenvalue weighted by molar-refractivity contribution is 5.97. The minimum atomic E-state index is -0.0783. The number of rotatable bonds is 4. The van der Waals surface area contributed by atoms with Crippen molar-refractivity contribution in [1.29, 1.82) is 0 Å². The zero-order valence-corrected chi connectivity index (χ0v) is 13.6. The number of benzene rings is 3. The number of carbonyl (C=O) groups is 1. The third kappa shape index (κ3) is 3.11. The smallest absolute Gasteiger partial charge is 0.243 e. The van der Waals surface area contributed by atoms with E-state index >= 15 is 0 Å². The van der Waals surface area contributed by atoms with Crippen LogP contribution in [0.4, 0.5) is 0 Å². The molecule has 4 nitrogen and oxygen atoms in total. The minimum absolute atomic E-state index is 0.0234. The molecule has 0 saturated heterocycles. The van der Waals surface area contributed by atoms with Crippen LogP contribution in [0.3, 0.4) is 0 Å². The van der Waals surface area contributed by atoms with Gasteiger partial charge in [0.05, 0.1) is 6.21 Å². The predicted molar refractivity (Wildman–Crippen MR) is 98.6 cm³/mol. The van der Waals surface area contributed by atoms with Gasteiger partial charge in [-0.05, 0) is 29.4 Å². The summed E-state index contributed by atoms with van der Waals surface area (Å²) in [5.41, 5.74) is 4.36. The molecule has 4 heteroatoms. The number of phenolic OH excluding ortho intramolecular Hbond substituents is 1. The van der Waals surface area contributed by atoms with E-state index in [9.17, 15) is 9.90 Å². The lowest BCUT2D eigenvalue weighted by Crippen LogP contribution is -2.20. The van der Waals surface area contributed by atoms with Crippen molar-refractivity contribution in [3.8, 4) is 5.75 Å². The molecule has 25 heavy (non-hydrogen) atoms. The predicted octanol–water partition coefficient (Wildman–Crippen LogP) is 3.80. The molecule has 0 spiro atoms. The number of nitrogens with one attached hydrogen (secondary N) is 1. The van der Waals surface area contributed by atoms with Gasteiger partial charge in [0.1, 0.15) is 5.75 Å². The van der Waals surface area contributed by atoms with E-state index < -0.39 is 0 Å². The van der Waals surface area contributed by atoms with Crippen LogP contribution in [-0.4, -0.2) is 17.2 Å². The number of hydrogen-bond acceptors (Lipinski definition) is 3. The normalized spacial score (nSPS) is 19.2. The number of hydrogen-bond donors (Lipinski definition) is 2. The number of hydrazone groups is 1. The second-order valence-electron chi connectivity index (χ2n) is 6.32. The van der Waals surface area contributed by atoms with Crippen LogP contribution in [-0.2, 0) is 4.79 Å². The molecule has 0 aliphatic heterocycles. The lowest BCUT2D eigenvalue weighted by molar-refractivity contribution is -0.122. The van der Waals surface area contributed by atoms with Crippen LogP contribution in [0.1, 0.15) is 23.5 Å². The van der Waals surface area contributed by atoms with Gasteiger partial charge in [-0.2, -0.15) is 5.10 Å². The van der Waals surface area contributed by atoms with Crippen LogP contribution in [0, 0.1) is 5.92 Å². The maximum Gasteiger partial charge on any atom is 0.243 e. The Bertz CT molecular complexity index is 951. The summed E-state index contributed by atoms with van der Waals surface area (Å²) in [6.45, 7) is 0. The van der Waals surface area contributed by atoms with Gasteiger partial charge in [0.15, 0.2) is 0 Å². The Morgan fingerprint density at radius 2 is 1.80 bits per heavy atom. The molecule has 3 aromatic rings. The van der Waals surface area contributed by atoms with E-state index in [-0.39, 0.29) is 23.5 Å². The highest BCUT2D eigenvalue weighted by atomic mass is 16.3. The first-order chi connectivity index (χ1) is 12.2. The van der Waals surface area contributed by atoms with E-state index in [4.69, 9.17) is 0 Å². The lowest BCUT2D eigenvalue weighted by atomic mass is 10.1. The largest absolute Gasteiger partial charge is 0.507 e. The standard InChI is InChI=1S/C21H18N2O2/c24-20-16(11-10-15-8-4-5-9-17(15)20)13-22-23-21(25)19-12-18(19)14-6-2-1-3-7-14/h1-11,13,18-19,24H,12H2,(H,23,25). The second-order valence-corrected chi connectivity index (χ2v) is 6.32. The third-order valence-corrected chi connectivity index (χ3v) is 4.67. The SMILES string of the molecule is O=C(NN=Cc1ccc2ccccc2c1O)C1CC1c1ccccc1. The monoisotopic (exact) mass is 330 g/mol. The Morgan fingerprint density at radius 1 is 1.04 bits per heavy atom. The first kappa shape index (κ1) is 15.4. The van der Waals surface area contributed by atoms with Gasteiger partial charge in [0.2, 0.25) is 5.91 Å². The van der Waals surface area contributed by atoms with E-state index in [1.165, 1.54) is 11.8 Å². The van der Waals surface area contributed by atoms with E-state index in [1.807, 2.05) is 60.7 Å². The van der Waals surface area contributed by atoms with Crippen molar-refractivity contribution in [2.75, 3.05) is 0 Å². The van der Waals surface area contributed by atoms with E-state index in [2.05, 4.69) is 10.5 Å². The van der Waals surface area contributed by atoms with Crippen LogP contribution in [0.25, 0.3) is 10.8 Å². The molecule has 2 N–H and O–H groups in total. The Hall–Kier alpha value is -3.14. The fourth-order valence-electron chi connectivity index (χ4n) is 3.18. The van der Waals surface area contributed by atoms with Gasteiger partial charge in [-0.3, -0.25) is 4.79 Å². The Labute approximate surface area is 145 Å². The van der Waals surface area contributed by atoms with Gasteiger partial charge in [0, 0.05) is 16.9 Å². The fourth-order valence-corrected chi connectivity index (χ4v) is 3.18. The van der Waals surface area contributed by atoms with Crippen molar-refractivity contribution in [2.45, 2.75) is 12.3 Å². The van der Waals surface area contributed by atoms with Crippen molar-refractivity contribution in [2.24, 2.45) is 11.0 Å². The maximum absolute atomic E-state index is 12.2. The Morgan fingerprint density at radius 3 is 2.64 bits per heavy atom. The molecular formula is C21H18N2O2. The van der Waals surface area contributed by atoms with Crippen molar-refractivity contribution in [3.63, 3.8) is 0 Å². The number of phenols is 1. The average molecular weight is 330 g/mol. The topological polar surface area (TPSA) is 61.7 Å². The molecule has 2 atom stereocenters. The molecule has 1 aliphatic carbocycles. The van der Waals surface area contributed by atoms with Gasteiger partial charge >= 0.3 is 0 Å². The zero-order valence-electron chi connectivity index (χ0n) is 13.6. The highest BCUT2D eigenvalue weighted by Gasteiger charge is 2.43. The van der Waals surface area contributed by atoms with Crippen LogP contribution in [0.15, 0.2) is 71.8 Å². The summed E-state index contributed by atoms with van der Waals surface area (Å²) < 4.78 is 0. The fraction of sp³-hybridized carbons (Fsp3) is 0.143. The molecule has 0 bridgehead atoms. The van der Waals surface area contributed by atoms with Crippen LogP contribution in [0.2, 0.25) is 0 Å². The summed E-state index contributed by atoms with van der Waals surface area (Å²) in [5, 5.41) is 16.1. The molecule has 1 saturated carbocycles. The van der Waals surface area contributed by atoms with Gasteiger partial charge in [-0.25, -0.2) is 5.43 Å². The number of nitrogens with zero attached hydrogens (tertiary/aromatic N) is 1. The van der Waals surface area contributed by atoms with E-state index in [0.717, 1.165) is 17.2 Å². The first-order valence-electron chi connectivity index (χ1n) is 8.32. The third-order valence-electron chi connectivity index (χ3n) is 4.67. The molecule has 0 aromatic heterocycles. The lowest BCUT2D eigenvalue weighted by Gasteiger charge is -2.04. The molecule has 1 fully saturated rings. The van der Waals surface area contributed by atoms with Gasteiger partial charge in [-0.1, -0.05) is 60.7 Å². The molecule has 3 aromatic carbocycles.